The summed E-state index contributed by atoms with van der Waals surface area (Å²) in [5.41, 5.74) is -2.38. The van der Waals surface area contributed by atoms with Gasteiger partial charge in [0.15, 0.2) is 0 Å². The van der Waals surface area contributed by atoms with Crippen LogP contribution >= 0.6 is 0 Å². The van der Waals surface area contributed by atoms with Gasteiger partial charge in [0.1, 0.15) is 5.60 Å². The van der Waals surface area contributed by atoms with Crippen LogP contribution in [0.5, 0.6) is 0 Å². The summed E-state index contributed by atoms with van der Waals surface area (Å²) in [5.74, 6) is -4.94. The molecule has 0 heterocycles. The number of aliphatic hydroxyl groups is 1. The van der Waals surface area contributed by atoms with Gasteiger partial charge in [-0.2, -0.15) is 0 Å². The predicted molar refractivity (Wildman–Crippen MR) is 65.8 cm³/mol. The second kappa shape index (κ2) is 8.74. The third kappa shape index (κ3) is 8.74. The Morgan fingerprint density at radius 2 is 1.39 bits per heavy atom. The Hall–Kier alpha value is -0.301. The van der Waals surface area contributed by atoms with Crippen LogP contribution in [0, 0.1) is 5.92 Å². The van der Waals surface area contributed by atoms with E-state index < -0.39 is 23.5 Å². The molecule has 0 aliphatic rings. The third-order valence-electron chi connectivity index (χ3n) is 2.28. The Morgan fingerprint density at radius 3 is 1.44 bits per heavy atom. The van der Waals surface area contributed by atoms with E-state index in [0.29, 0.717) is 0 Å². The van der Waals surface area contributed by atoms with Gasteiger partial charge in [0.05, 0.1) is 5.97 Å². The van der Waals surface area contributed by atoms with Crippen LogP contribution in [-0.2, 0) is 9.59 Å². The fourth-order valence-corrected chi connectivity index (χ4v) is 4.88. The molecular weight excluding hydrogens is 343 g/mol. The van der Waals surface area contributed by atoms with Gasteiger partial charge in [-0.15, -0.1) is 0 Å². The second-order valence-corrected chi connectivity index (χ2v) is 12.5. The summed E-state index contributed by atoms with van der Waals surface area (Å²) in [4.78, 5) is 20.2. The number of hydrogen-bond donors (Lipinski definition) is 1. The quantitative estimate of drug-likeness (QED) is 0.645. The Bertz CT molecular complexity index is 268. The van der Waals surface area contributed by atoms with Gasteiger partial charge < -0.3 is 24.9 Å². The van der Waals surface area contributed by atoms with E-state index in [0.717, 1.165) is 21.7 Å². The predicted octanol–water partition coefficient (Wildman–Crippen LogP) is -0.779. The normalized spacial score (nSPS) is 15.2. The fourth-order valence-electron chi connectivity index (χ4n) is 1.07. The molecule has 0 spiro atoms. The summed E-state index contributed by atoms with van der Waals surface area (Å²) in [6, 6.07) is 0. The molecule has 0 aliphatic heterocycles. The van der Waals surface area contributed by atoms with Crippen LogP contribution in [0.25, 0.3) is 0 Å². The van der Waals surface area contributed by atoms with Crippen molar-refractivity contribution in [2.45, 2.75) is 55.0 Å². The van der Waals surface area contributed by atoms with Gasteiger partial charge in [-0.3, -0.25) is 0 Å². The fraction of sp³-hybridized carbons (Fsp3) is 0.833. The van der Waals surface area contributed by atoms with Crippen molar-refractivity contribution < 1.29 is 24.9 Å². The zero-order chi connectivity index (χ0) is 15.1. The van der Waals surface area contributed by atoms with Crippen molar-refractivity contribution in [3.8, 4) is 0 Å². The minimum atomic E-state index is -2.38. The number of carboxylic acid groups (broad SMARTS) is 2. The maximum absolute atomic E-state index is 10.1. The first-order valence-corrected chi connectivity index (χ1v) is 9.13. The van der Waals surface area contributed by atoms with Gasteiger partial charge in [0.2, 0.25) is 0 Å². The topological polar surface area (TPSA) is 100 Å². The molecule has 0 aromatic rings. The first kappa shape index (κ1) is 20.0. The summed E-state index contributed by atoms with van der Waals surface area (Å²) in [6.45, 7) is 11.2. The average molecular weight is 365 g/mol. The second-order valence-electron chi connectivity index (χ2n) is 4.95. The molecule has 0 aromatic carbocycles. The van der Waals surface area contributed by atoms with Crippen molar-refractivity contribution in [2.75, 3.05) is 0 Å². The maximum atomic E-state index is 10.1. The van der Waals surface area contributed by atoms with E-state index in [1.807, 2.05) is 0 Å². The van der Waals surface area contributed by atoms with Crippen molar-refractivity contribution >= 4 is 33.1 Å². The molecule has 6 heteroatoms. The number of hydrogen-bond acceptors (Lipinski definition) is 5. The van der Waals surface area contributed by atoms with Crippen LogP contribution in [-0.4, -0.2) is 43.8 Å². The van der Waals surface area contributed by atoms with Crippen LogP contribution in [0.2, 0.25) is 7.87 Å². The van der Waals surface area contributed by atoms with Crippen LogP contribution in [0.1, 0.15) is 41.5 Å². The van der Waals surface area contributed by atoms with E-state index >= 15 is 0 Å². The number of rotatable bonds is 5. The number of carboxylic acids is 2. The molecule has 2 unspecified atom stereocenters. The van der Waals surface area contributed by atoms with Gasteiger partial charge in [0, 0.05) is 11.9 Å². The first-order chi connectivity index (χ1) is 7.92. The summed E-state index contributed by atoms with van der Waals surface area (Å²) >= 11 is 0.0389. The minimum absolute atomic E-state index is 0.0389. The molecule has 2 atom stereocenters. The van der Waals surface area contributed by atoms with Gasteiger partial charge in [0.25, 0.3) is 0 Å². The van der Waals surface area contributed by atoms with Crippen molar-refractivity contribution in [3.05, 3.63) is 0 Å². The first-order valence-electron chi connectivity index (χ1n) is 5.83. The molecule has 0 bridgehead atoms. The molecule has 0 fully saturated rings. The molecule has 18 heavy (non-hydrogen) atoms. The molecule has 1 N–H and O–H groups in total. The summed E-state index contributed by atoms with van der Waals surface area (Å²) in [7, 11) is 0. The molecule has 0 saturated carbocycles. The van der Waals surface area contributed by atoms with E-state index in [1.54, 1.807) is 0 Å². The van der Waals surface area contributed by atoms with E-state index in [4.69, 9.17) is 5.11 Å². The molecule has 0 rings (SSSR count). The van der Waals surface area contributed by atoms with Crippen LogP contribution in [0.15, 0.2) is 0 Å². The molecule has 5 nitrogen and oxygen atoms in total. The van der Waals surface area contributed by atoms with Gasteiger partial charge in [-0.05, 0) is 6.92 Å². The molecular formula is C12H22O5Sn. The summed E-state index contributed by atoms with van der Waals surface area (Å²) in [5, 5.41) is 29.2. The van der Waals surface area contributed by atoms with Gasteiger partial charge >= 0.3 is 56.7 Å². The Labute approximate surface area is 119 Å². The zero-order valence-corrected chi connectivity index (χ0v) is 14.7. The zero-order valence-electron chi connectivity index (χ0n) is 11.8. The molecule has 0 aliphatic carbocycles. The Balaban J connectivity index is 0. The Morgan fingerprint density at radius 1 is 1.06 bits per heavy atom. The van der Waals surface area contributed by atoms with Crippen molar-refractivity contribution in [2.24, 2.45) is 5.92 Å². The van der Waals surface area contributed by atoms with E-state index in [-0.39, 0.29) is 21.1 Å². The molecule has 104 valence electrons. The summed E-state index contributed by atoms with van der Waals surface area (Å²) in [6.07, 6.45) is 0. The monoisotopic (exact) mass is 366 g/mol. The van der Waals surface area contributed by atoms with Crippen LogP contribution in [0.3, 0.4) is 0 Å². The van der Waals surface area contributed by atoms with Crippen molar-refractivity contribution in [1.82, 2.24) is 0 Å². The number of carbonyl (C=O) groups excluding carboxylic acids is 2. The van der Waals surface area contributed by atoms with E-state index in [2.05, 4.69) is 27.7 Å². The average Bonchev–Trinajstić information content (AvgIpc) is 2.14. The molecule has 0 radical (unpaired) electrons. The standard InChI is InChI=1S/C6H10O5.2C3H7.Sn/c1-3(4(7)8)6(2,11)5(9)10;2*1-3-2;/h3,11H,1-2H3,(H,7,8)(H,9,10);2*3H,1-2H3;/q;;;+2/p-2. The van der Waals surface area contributed by atoms with Gasteiger partial charge in [-0.1, -0.05) is 6.92 Å². The summed E-state index contributed by atoms with van der Waals surface area (Å²) < 4.78 is 2.09. The Kier molecular flexibility index (Phi) is 9.72. The molecule has 0 amide bonds. The van der Waals surface area contributed by atoms with Crippen LogP contribution < -0.4 is 10.2 Å². The molecule has 0 aromatic heterocycles. The number of carbonyl (C=O) groups is 2. The van der Waals surface area contributed by atoms with Crippen molar-refractivity contribution in [1.29, 1.82) is 0 Å². The van der Waals surface area contributed by atoms with E-state index in [9.17, 15) is 19.8 Å². The number of aliphatic carboxylic acids is 2. The third-order valence-corrected chi connectivity index (χ3v) is 6.08. The van der Waals surface area contributed by atoms with Crippen LogP contribution in [0.4, 0.5) is 0 Å². The van der Waals surface area contributed by atoms with Gasteiger partial charge in [-0.25, -0.2) is 0 Å². The SMILES string of the molecule is CC(C(=O)[O-])C(C)(O)C(=O)[O-].C[CH](C)[Sn+2][CH](C)C. The molecule has 0 saturated heterocycles. The van der Waals surface area contributed by atoms with Crippen molar-refractivity contribution in [3.63, 3.8) is 0 Å². The van der Waals surface area contributed by atoms with E-state index in [1.165, 1.54) is 0 Å².